The van der Waals surface area contributed by atoms with Crippen molar-refractivity contribution in [3.8, 4) is 11.5 Å². The number of hydrogen-bond acceptors (Lipinski definition) is 4. The number of hydrazone groups is 1. The first kappa shape index (κ1) is 19.7. The number of amides is 1. The van der Waals surface area contributed by atoms with Crippen molar-refractivity contribution in [1.82, 2.24) is 5.43 Å². The highest BCUT2D eigenvalue weighted by Gasteiger charge is 2.09. The molecular weight excluding hydrogens is 399 g/mol. The Morgan fingerprint density at radius 3 is 2.61 bits per heavy atom. The maximum Gasteiger partial charge on any atom is 0.275 e. The van der Waals surface area contributed by atoms with E-state index in [9.17, 15) is 9.90 Å². The van der Waals surface area contributed by atoms with E-state index in [1.54, 1.807) is 42.5 Å². The fraction of sp³-hybridized carbons (Fsp3) is 0.0476. The molecule has 0 aliphatic rings. The second-order valence-corrected chi connectivity index (χ2v) is 6.62. The molecule has 0 bridgehead atoms. The van der Waals surface area contributed by atoms with Gasteiger partial charge in [-0.05, 0) is 36.4 Å². The van der Waals surface area contributed by atoms with E-state index in [-0.39, 0.29) is 17.9 Å². The van der Waals surface area contributed by atoms with E-state index >= 15 is 0 Å². The predicted molar refractivity (Wildman–Crippen MR) is 110 cm³/mol. The number of phenols is 1. The first-order valence-corrected chi connectivity index (χ1v) is 9.07. The molecule has 3 aromatic rings. The highest BCUT2D eigenvalue weighted by Crippen LogP contribution is 2.24. The van der Waals surface area contributed by atoms with Crippen molar-refractivity contribution in [1.29, 1.82) is 0 Å². The van der Waals surface area contributed by atoms with Crippen LogP contribution in [0.4, 0.5) is 0 Å². The predicted octanol–water partition coefficient (Wildman–Crippen LogP) is 5.04. The smallest absolute Gasteiger partial charge is 0.275 e. The van der Waals surface area contributed by atoms with Gasteiger partial charge in [0.05, 0.1) is 11.8 Å². The summed E-state index contributed by atoms with van der Waals surface area (Å²) in [6.07, 6.45) is 1.47. The number of hydrogen-bond donors (Lipinski definition) is 2. The molecule has 1 amide bonds. The Morgan fingerprint density at radius 2 is 1.82 bits per heavy atom. The normalized spacial score (nSPS) is 10.8. The molecule has 3 aromatic carbocycles. The Balaban J connectivity index is 1.67. The van der Waals surface area contributed by atoms with E-state index in [1.807, 2.05) is 12.1 Å². The first-order chi connectivity index (χ1) is 13.5. The van der Waals surface area contributed by atoms with E-state index < -0.39 is 5.91 Å². The zero-order chi connectivity index (χ0) is 19.9. The number of rotatable bonds is 6. The molecule has 0 aliphatic carbocycles. The summed E-state index contributed by atoms with van der Waals surface area (Å²) in [7, 11) is 0. The molecule has 0 aromatic heterocycles. The quantitative estimate of drug-likeness (QED) is 0.438. The zero-order valence-electron chi connectivity index (χ0n) is 14.6. The third-order valence-electron chi connectivity index (χ3n) is 3.84. The van der Waals surface area contributed by atoms with Gasteiger partial charge in [0.1, 0.15) is 18.1 Å². The maximum atomic E-state index is 12.1. The minimum Gasteiger partial charge on any atom is -0.507 e. The van der Waals surface area contributed by atoms with Crippen molar-refractivity contribution < 1.29 is 14.6 Å². The number of para-hydroxylation sites is 2. The van der Waals surface area contributed by atoms with Crippen LogP contribution in [0.25, 0.3) is 0 Å². The highest BCUT2D eigenvalue weighted by atomic mass is 35.5. The number of ether oxygens (including phenoxy) is 1. The molecule has 0 unspecified atom stereocenters. The van der Waals surface area contributed by atoms with Gasteiger partial charge in [-0.15, -0.1) is 0 Å². The Labute approximate surface area is 172 Å². The number of carbonyl (C=O) groups excluding carboxylic acids is 1. The van der Waals surface area contributed by atoms with Crippen LogP contribution in [0.15, 0.2) is 71.8 Å². The number of halogens is 2. The minimum absolute atomic E-state index is 0.112. The summed E-state index contributed by atoms with van der Waals surface area (Å²) in [6, 6.07) is 18.7. The molecule has 28 heavy (non-hydrogen) atoms. The molecule has 7 heteroatoms. The van der Waals surface area contributed by atoms with Crippen molar-refractivity contribution in [3.63, 3.8) is 0 Å². The van der Waals surface area contributed by atoms with Gasteiger partial charge in [0.25, 0.3) is 5.91 Å². The Hall–Kier alpha value is -3.02. The molecule has 0 radical (unpaired) electrons. The highest BCUT2D eigenvalue weighted by molar-refractivity contribution is 6.35. The molecule has 142 valence electrons. The summed E-state index contributed by atoms with van der Waals surface area (Å²) in [5.74, 6) is -0.0476. The molecule has 0 saturated carbocycles. The Kier molecular flexibility index (Phi) is 6.53. The molecule has 0 aliphatic heterocycles. The summed E-state index contributed by atoms with van der Waals surface area (Å²) in [5.41, 5.74) is 3.99. The monoisotopic (exact) mass is 414 g/mol. The van der Waals surface area contributed by atoms with Crippen LogP contribution < -0.4 is 10.2 Å². The molecule has 0 atom stereocenters. The third kappa shape index (κ3) is 5.03. The second-order valence-electron chi connectivity index (χ2n) is 5.78. The van der Waals surface area contributed by atoms with E-state index in [0.717, 1.165) is 5.56 Å². The number of carbonyl (C=O) groups is 1. The lowest BCUT2D eigenvalue weighted by Gasteiger charge is -2.10. The molecule has 5 nitrogen and oxygen atoms in total. The summed E-state index contributed by atoms with van der Waals surface area (Å²) >= 11 is 12.1. The van der Waals surface area contributed by atoms with Crippen LogP contribution in [0.1, 0.15) is 21.5 Å². The number of benzene rings is 3. The van der Waals surface area contributed by atoms with Gasteiger partial charge in [0.15, 0.2) is 0 Å². The van der Waals surface area contributed by atoms with Gasteiger partial charge < -0.3 is 9.84 Å². The van der Waals surface area contributed by atoms with Crippen molar-refractivity contribution in [3.05, 3.63) is 93.5 Å². The lowest BCUT2D eigenvalue weighted by Crippen LogP contribution is -2.17. The van der Waals surface area contributed by atoms with E-state index in [1.165, 1.54) is 18.3 Å². The summed E-state index contributed by atoms with van der Waals surface area (Å²) in [6.45, 7) is 0.255. The summed E-state index contributed by atoms with van der Waals surface area (Å²) in [4.78, 5) is 12.1. The van der Waals surface area contributed by atoms with Crippen molar-refractivity contribution in [2.24, 2.45) is 5.10 Å². The standard InChI is InChI=1S/C21H16Cl2N2O3/c22-16-10-9-15(18(23)11-16)13-28-20-8-4-1-5-14(20)12-24-25-21(27)17-6-2-3-7-19(17)26/h1-12,26H,13H2,(H,25,27)/b24-12-. The van der Waals surface area contributed by atoms with Crippen molar-refractivity contribution in [2.45, 2.75) is 6.61 Å². The average Bonchev–Trinajstić information content (AvgIpc) is 2.68. The number of nitrogens with one attached hydrogen (secondary N) is 1. The van der Waals surface area contributed by atoms with Crippen LogP contribution in [-0.4, -0.2) is 17.2 Å². The SMILES string of the molecule is O=C(N/N=C\c1ccccc1OCc1ccc(Cl)cc1Cl)c1ccccc1O. The summed E-state index contributed by atoms with van der Waals surface area (Å²) < 4.78 is 5.83. The van der Waals surface area contributed by atoms with E-state index in [2.05, 4.69) is 10.5 Å². The average molecular weight is 415 g/mol. The minimum atomic E-state index is -0.513. The number of aromatic hydroxyl groups is 1. The Bertz CT molecular complexity index is 1020. The van der Waals surface area contributed by atoms with Gasteiger partial charge in [0.2, 0.25) is 0 Å². The lowest BCUT2D eigenvalue weighted by molar-refractivity contribution is 0.0952. The molecule has 0 saturated heterocycles. The van der Waals surface area contributed by atoms with Crippen LogP contribution in [0.5, 0.6) is 11.5 Å². The summed E-state index contributed by atoms with van der Waals surface area (Å²) in [5, 5.41) is 14.7. The fourth-order valence-corrected chi connectivity index (χ4v) is 2.86. The van der Waals surface area contributed by atoms with Gasteiger partial charge in [-0.25, -0.2) is 5.43 Å². The largest absolute Gasteiger partial charge is 0.507 e. The van der Waals surface area contributed by atoms with Crippen LogP contribution >= 0.6 is 23.2 Å². The molecule has 2 N–H and O–H groups in total. The first-order valence-electron chi connectivity index (χ1n) is 8.32. The van der Waals surface area contributed by atoms with E-state index in [0.29, 0.717) is 21.4 Å². The molecule has 3 rings (SSSR count). The molecular formula is C21H16Cl2N2O3. The fourth-order valence-electron chi connectivity index (χ4n) is 2.40. The van der Waals surface area contributed by atoms with Crippen LogP contribution in [-0.2, 0) is 6.61 Å². The van der Waals surface area contributed by atoms with Gasteiger partial charge in [-0.1, -0.05) is 53.5 Å². The number of nitrogens with zero attached hydrogens (tertiary/aromatic N) is 1. The Morgan fingerprint density at radius 1 is 1.07 bits per heavy atom. The third-order valence-corrected chi connectivity index (χ3v) is 4.42. The van der Waals surface area contributed by atoms with Crippen LogP contribution in [0, 0.1) is 0 Å². The second kappa shape index (κ2) is 9.26. The zero-order valence-corrected chi connectivity index (χ0v) is 16.1. The van der Waals surface area contributed by atoms with Crippen LogP contribution in [0.2, 0.25) is 10.0 Å². The molecule has 0 fully saturated rings. The van der Waals surface area contributed by atoms with E-state index in [4.69, 9.17) is 27.9 Å². The van der Waals surface area contributed by atoms with Crippen molar-refractivity contribution in [2.75, 3.05) is 0 Å². The molecule has 0 heterocycles. The van der Waals surface area contributed by atoms with Gasteiger partial charge in [0, 0.05) is 21.2 Å². The molecule has 0 spiro atoms. The maximum absolute atomic E-state index is 12.1. The number of phenolic OH excluding ortho intramolecular Hbond substituents is 1. The lowest BCUT2D eigenvalue weighted by atomic mass is 10.2. The van der Waals surface area contributed by atoms with Gasteiger partial charge in [-0.2, -0.15) is 5.10 Å². The topological polar surface area (TPSA) is 70.9 Å². The van der Waals surface area contributed by atoms with Crippen molar-refractivity contribution >= 4 is 35.3 Å². The van der Waals surface area contributed by atoms with Gasteiger partial charge in [-0.3, -0.25) is 4.79 Å². The van der Waals surface area contributed by atoms with Crippen LogP contribution in [0.3, 0.4) is 0 Å². The van der Waals surface area contributed by atoms with Gasteiger partial charge >= 0.3 is 0 Å².